The number of nitrogens with zero attached hydrogens (tertiary/aromatic N) is 7. The first-order chi connectivity index (χ1) is 38.1. The van der Waals surface area contributed by atoms with Crippen molar-refractivity contribution in [2.24, 2.45) is 0 Å². The second-order valence-corrected chi connectivity index (χ2v) is 19.2. The van der Waals surface area contributed by atoms with E-state index < -0.39 is 0 Å². The summed E-state index contributed by atoms with van der Waals surface area (Å²) in [6.07, 6.45) is 4.29. The molecule has 16 aromatic rings. The van der Waals surface area contributed by atoms with E-state index in [9.17, 15) is 0 Å². The third-order valence-electron chi connectivity index (χ3n) is 14.4. The Morgan fingerprint density at radius 2 is 0.805 bits per heavy atom. The van der Waals surface area contributed by atoms with Crippen molar-refractivity contribution in [1.29, 1.82) is 0 Å². The Labute approximate surface area is 447 Å². The number of halogens is 1. The Hall–Kier alpha value is -10.2. The summed E-state index contributed by atoms with van der Waals surface area (Å²) >= 11 is 5.95. The standard InChI is InChI=1S/C34H22N4.C20H14N2.C14H9ClN2/c1-3-11-23(12-4-1)32-27-16-7-9-17-29(27)35-34(36-32)38-31-18-10-8-15-25(31)26-19-20-30-28(33(26)38)21-22-37(30)24-13-5-2-6-14-24;1-2-6-14(7-3-1)22-13-12-17-19(22)11-10-16-15-8-4-5-9-18(15)21-20(16)17;15-14-16-12-9-5-4-8-11(12)13(17-14)10-6-2-1-3-7-10/h1-22H;1-13,21H;1-9H. The number of hydrogen-bond acceptors (Lipinski definition) is 4. The molecule has 10 aromatic carbocycles. The monoisotopic (exact) mass is 1010 g/mol. The number of hydrogen-bond donors (Lipinski definition) is 1. The van der Waals surface area contributed by atoms with Crippen molar-refractivity contribution in [3.63, 3.8) is 0 Å². The van der Waals surface area contributed by atoms with Gasteiger partial charge in [0.2, 0.25) is 11.2 Å². The molecule has 0 bridgehead atoms. The van der Waals surface area contributed by atoms with Gasteiger partial charge in [0.05, 0.1) is 50.0 Å². The molecule has 0 aliphatic rings. The van der Waals surface area contributed by atoms with E-state index in [1.807, 2.05) is 84.9 Å². The van der Waals surface area contributed by atoms with E-state index in [1.54, 1.807) is 0 Å². The summed E-state index contributed by atoms with van der Waals surface area (Å²) in [4.78, 5) is 22.5. The Morgan fingerprint density at radius 3 is 1.44 bits per heavy atom. The van der Waals surface area contributed by atoms with E-state index in [0.717, 1.165) is 66.6 Å². The van der Waals surface area contributed by atoms with Gasteiger partial charge in [0.15, 0.2) is 0 Å². The summed E-state index contributed by atoms with van der Waals surface area (Å²) < 4.78 is 6.72. The van der Waals surface area contributed by atoms with Gasteiger partial charge in [-0.3, -0.25) is 4.57 Å². The Morgan fingerprint density at radius 1 is 0.325 bits per heavy atom. The number of nitrogens with one attached hydrogen (secondary N) is 1. The molecule has 0 radical (unpaired) electrons. The van der Waals surface area contributed by atoms with Gasteiger partial charge in [0.25, 0.3) is 0 Å². The van der Waals surface area contributed by atoms with Crippen molar-refractivity contribution in [3.8, 4) is 39.8 Å². The van der Waals surface area contributed by atoms with Crippen LogP contribution in [0.4, 0.5) is 0 Å². The van der Waals surface area contributed by atoms with Gasteiger partial charge in [-0.2, -0.15) is 0 Å². The smallest absolute Gasteiger partial charge is 0.235 e. The van der Waals surface area contributed by atoms with Gasteiger partial charge in [-0.05, 0) is 84.4 Å². The van der Waals surface area contributed by atoms with Crippen LogP contribution in [-0.2, 0) is 0 Å². The van der Waals surface area contributed by atoms with Crippen LogP contribution in [0.25, 0.3) is 127 Å². The van der Waals surface area contributed by atoms with E-state index in [0.29, 0.717) is 5.95 Å². The normalized spacial score (nSPS) is 11.4. The molecule has 77 heavy (non-hydrogen) atoms. The zero-order valence-corrected chi connectivity index (χ0v) is 42.2. The average molecular weight is 1010 g/mol. The second-order valence-electron chi connectivity index (χ2n) is 18.9. The SMILES string of the molecule is Clc1nc(-c2ccccc2)c2ccccc2n1.c1ccc(-c2nc(-n3c4ccccc4c4ccc5c(ccn5-c5ccccc5)c43)nc3ccccc23)cc1.c1ccc(-n2ccc3c4[nH]c5ccccc5c4ccc32)cc1. The Balaban J connectivity index is 0.000000117. The molecule has 8 nitrogen and oxygen atoms in total. The largest absolute Gasteiger partial charge is 0.354 e. The molecule has 16 rings (SSSR count). The fourth-order valence-electron chi connectivity index (χ4n) is 10.9. The van der Waals surface area contributed by atoms with E-state index >= 15 is 0 Å². The van der Waals surface area contributed by atoms with Crippen LogP contribution >= 0.6 is 11.6 Å². The molecule has 0 saturated carbocycles. The molecule has 6 heterocycles. The molecule has 364 valence electrons. The lowest BCUT2D eigenvalue weighted by Crippen LogP contribution is -2.03. The summed E-state index contributed by atoms with van der Waals surface area (Å²) in [5, 5.41) is 9.72. The first-order valence-corrected chi connectivity index (χ1v) is 26.0. The molecule has 0 aliphatic heterocycles. The quantitative estimate of drug-likeness (QED) is 0.174. The van der Waals surface area contributed by atoms with Crippen molar-refractivity contribution < 1.29 is 0 Å². The van der Waals surface area contributed by atoms with Gasteiger partial charge in [0.1, 0.15) is 0 Å². The van der Waals surface area contributed by atoms with Crippen molar-refractivity contribution in [1.82, 2.24) is 38.6 Å². The molecule has 6 aromatic heterocycles. The summed E-state index contributed by atoms with van der Waals surface area (Å²) in [6, 6.07) is 87.7. The van der Waals surface area contributed by atoms with Crippen molar-refractivity contribution in [2.45, 2.75) is 0 Å². The topological polar surface area (TPSA) is 82.1 Å². The van der Waals surface area contributed by atoms with E-state index in [-0.39, 0.29) is 5.28 Å². The molecule has 0 fully saturated rings. The molecule has 1 N–H and O–H groups in total. The molecular formula is C68H45ClN8. The molecule has 0 amide bonds. The van der Waals surface area contributed by atoms with Gasteiger partial charge in [-0.15, -0.1) is 0 Å². The second kappa shape index (κ2) is 19.3. The number of benzene rings is 10. The highest BCUT2D eigenvalue weighted by Crippen LogP contribution is 2.39. The zero-order valence-electron chi connectivity index (χ0n) is 41.4. The number of aromatic nitrogens is 8. The fourth-order valence-corrected chi connectivity index (χ4v) is 11.1. The van der Waals surface area contributed by atoms with Gasteiger partial charge in [0, 0.05) is 83.5 Å². The summed E-state index contributed by atoms with van der Waals surface area (Å²) in [6.45, 7) is 0. The lowest BCUT2D eigenvalue weighted by molar-refractivity contribution is 1.02. The lowest BCUT2D eigenvalue weighted by Gasteiger charge is -2.12. The number of rotatable bonds is 5. The zero-order chi connectivity index (χ0) is 51.2. The maximum absolute atomic E-state index is 5.95. The molecular weight excluding hydrogens is 964 g/mol. The van der Waals surface area contributed by atoms with Crippen LogP contribution in [-0.4, -0.2) is 38.6 Å². The maximum Gasteiger partial charge on any atom is 0.235 e. The first-order valence-electron chi connectivity index (χ1n) is 25.6. The van der Waals surface area contributed by atoms with Gasteiger partial charge in [-0.25, -0.2) is 19.9 Å². The van der Waals surface area contributed by atoms with Crippen LogP contribution in [0.5, 0.6) is 0 Å². The van der Waals surface area contributed by atoms with Crippen LogP contribution in [0.15, 0.2) is 267 Å². The van der Waals surface area contributed by atoms with Crippen LogP contribution in [0.3, 0.4) is 0 Å². The van der Waals surface area contributed by atoms with Crippen LogP contribution < -0.4 is 0 Å². The number of H-pyrrole nitrogens is 1. The van der Waals surface area contributed by atoms with Crippen LogP contribution in [0.1, 0.15) is 0 Å². The maximum atomic E-state index is 5.95. The van der Waals surface area contributed by atoms with Crippen molar-refractivity contribution in [3.05, 3.63) is 272 Å². The molecule has 0 unspecified atom stereocenters. The van der Waals surface area contributed by atoms with E-state index in [1.165, 1.54) is 54.6 Å². The third kappa shape index (κ3) is 8.12. The van der Waals surface area contributed by atoms with Gasteiger partial charge < -0.3 is 14.1 Å². The Bertz CT molecular complexity index is 4810. The van der Waals surface area contributed by atoms with E-state index in [4.69, 9.17) is 21.6 Å². The molecule has 0 saturated heterocycles. The van der Waals surface area contributed by atoms with Crippen LogP contribution in [0.2, 0.25) is 5.28 Å². The van der Waals surface area contributed by atoms with Gasteiger partial charge >= 0.3 is 0 Å². The summed E-state index contributed by atoms with van der Waals surface area (Å²) in [5.74, 6) is 0.675. The highest BCUT2D eigenvalue weighted by atomic mass is 35.5. The van der Waals surface area contributed by atoms with Crippen molar-refractivity contribution in [2.75, 3.05) is 0 Å². The summed E-state index contributed by atoms with van der Waals surface area (Å²) in [7, 11) is 0. The number of para-hydroxylation sites is 6. The number of fused-ring (bicyclic) bond motifs is 12. The minimum atomic E-state index is 0.280. The van der Waals surface area contributed by atoms with E-state index in [2.05, 4.69) is 211 Å². The van der Waals surface area contributed by atoms with Gasteiger partial charge in [-0.1, -0.05) is 182 Å². The first kappa shape index (κ1) is 45.5. The highest BCUT2D eigenvalue weighted by Gasteiger charge is 2.20. The predicted octanol–water partition coefficient (Wildman–Crippen LogP) is 17.6. The number of aromatic amines is 1. The fraction of sp³-hybridized carbons (Fsp3) is 0. The summed E-state index contributed by atoms with van der Waals surface area (Å²) in [5.41, 5.74) is 15.1. The molecule has 0 spiro atoms. The lowest BCUT2D eigenvalue weighted by atomic mass is 10.1. The molecule has 0 atom stereocenters. The minimum absolute atomic E-state index is 0.280. The highest BCUT2D eigenvalue weighted by molar-refractivity contribution is 6.29. The third-order valence-corrected chi connectivity index (χ3v) is 14.6. The predicted molar refractivity (Wildman–Crippen MR) is 319 cm³/mol. The van der Waals surface area contributed by atoms with Crippen molar-refractivity contribution >= 4 is 98.8 Å². The molecule has 0 aliphatic carbocycles. The molecule has 9 heteroatoms. The minimum Gasteiger partial charge on any atom is -0.354 e. The Kier molecular flexibility index (Phi) is 11.4. The average Bonchev–Trinajstić information content (AvgIpc) is 4.43. The van der Waals surface area contributed by atoms with Crippen LogP contribution in [0, 0.1) is 0 Å².